The first kappa shape index (κ1) is 20.3. The van der Waals surface area contributed by atoms with Gasteiger partial charge in [-0.15, -0.1) is 0 Å². The van der Waals surface area contributed by atoms with Crippen molar-refractivity contribution in [1.29, 1.82) is 0 Å². The van der Waals surface area contributed by atoms with E-state index in [4.69, 9.17) is 4.74 Å². The van der Waals surface area contributed by atoms with Gasteiger partial charge in [0.1, 0.15) is 17.3 Å². The average Bonchev–Trinajstić information content (AvgIpc) is 3.03. The Morgan fingerprint density at radius 1 is 0.871 bits per heavy atom. The molecule has 1 aliphatic rings. The number of amides is 2. The zero-order valence-electron chi connectivity index (χ0n) is 17.0. The average molecular weight is 416 g/mol. The lowest BCUT2D eigenvalue weighted by Crippen LogP contribution is -2.33. The molecule has 156 valence electrons. The summed E-state index contributed by atoms with van der Waals surface area (Å²) in [5, 5.41) is 3.05. The van der Waals surface area contributed by atoms with Crippen LogP contribution in [0, 0.1) is 5.82 Å². The van der Waals surface area contributed by atoms with Gasteiger partial charge in [0.2, 0.25) is 0 Å². The van der Waals surface area contributed by atoms with Gasteiger partial charge >= 0.3 is 0 Å². The topological polar surface area (TPSA) is 58.6 Å². The summed E-state index contributed by atoms with van der Waals surface area (Å²) in [6.45, 7) is 2.60. The minimum atomic E-state index is -0.646. The highest BCUT2D eigenvalue weighted by molar-refractivity contribution is 6.46. The summed E-state index contributed by atoms with van der Waals surface area (Å²) in [6.07, 6.45) is 0.878. The normalized spacial score (nSPS) is 13.7. The van der Waals surface area contributed by atoms with E-state index in [0.717, 1.165) is 11.3 Å². The summed E-state index contributed by atoms with van der Waals surface area (Å²) in [5.41, 5.74) is 1.39. The third-order valence-electron chi connectivity index (χ3n) is 4.84. The Kier molecular flexibility index (Phi) is 5.80. The third-order valence-corrected chi connectivity index (χ3v) is 4.84. The summed E-state index contributed by atoms with van der Waals surface area (Å²) in [6, 6.07) is 21.7. The van der Waals surface area contributed by atoms with Gasteiger partial charge in [0, 0.05) is 5.69 Å². The lowest BCUT2D eigenvalue weighted by molar-refractivity contribution is -0.120. The number of nitrogens with one attached hydrogen (secondary N) is 1. The van der Waals surface area contributed by atoms with Gasteiger partial charge < -0.3 is 10.1 Å². The summed E-state index contributed by atoms with van der Waals surface area (Å²) < 4.78 is 20.0. The number of hydrogen-bond acceptors (Lipinski definition) is 4. The number of carbonyl (C=O) groups is 2. The van der Waals surface area contributed by atoms with Crippen LogP contribution in [0.3, 0.4) is 0 Å². The number of carbonyl (C=O) groups excluding carboxylic acids is 2. The molecule has 5 nitrogen and oxygen atoms in total. The van der Waals surface area contributed by atoms with Crippen LogP contribution in [0.5, 0.6) is 5.75 Å². The van der Waals surface area contributed by atoms with E-state index in [1.165, 1.54) is 18.2 Å². The smallest absolute Gasteiger partial charge is 0.282 e. The van der Waals surface area contributed by atoms with Crippen LogP contribution >= 0.6 is 0 Å². The van der Waals surface area contributed by atoms with E-state index in [2.05, 4.69) is 5.32 Å². The number of ether oxygens (including phenoxy) is 1. The van der Waals surface area contributed by atoms with Crippen LogP contribution in [0.2, 0.25) is 0 Å². The van der Waals surface area contributed by atoms with Crippen molar-refractivity contribution in [3.63, 3.8) is 0 Å². The molecule has 0 saturated heterocycles. The van der Waals surface area contributed by atoms with Crippen molar-refractivity contribution in [1.82, 2.24) is 0 Å². The maximum atomic E-state index is 14.4. The van der Waals surface area contributed by atoms with E-state index >= 15 is 0 Å². The van der Waals surface area contributed by atoms with Crippen molar-refractivity contribution in [2.24, 2.45) is 0 Å². The van der Waals surface area contributed by atoms with E-state index in [9.17, 15) is 14.0 Å². The molecule has 3 aromatic rings. The standard InChI is InChI=1S/C25H21FN2O3/c1-2-16-31-19-14-12-17(13-15-19)22-23(27-18-8-4-3-5-9-18)25(30)28(24(22)29)21-11-7-6-10-20(21)26/h3-15,27H,2,16H2,1H3. The Hall–Kier alpha value is -3.93. The van der Waals surface area contributed by atoms with Gasteiger partial charge in [-0.05, 0) is 48.4 Å². The van der Waals surface area contributed by atoms with E-state index in [1.807, 2.05) is 25.1 Å². The third kappa shape index (κ3) is 4.05. The second-order valence-electron chi connectivity index (χ2n) is 7.01. The molecule has 0 unspecified atom stereocenters. The van der Waals surface area contributed by atoms with E-state index in [-0.39, 0.29) is 17.0 Å². The van der Waals surface area contributed by atoms with Crippen molar-refractivity contribution in [2.45, 2.75) is 13.3 Å². The van der Waals surface area contributed by atoms with E-state index in [0.29, 0.717) is 23.6 Å². The fourth-order valence-electron chi connectivity index (χ4n) is 3.37. The highest BCUT2D eigenvalue weighted by Gasteiger charge is 2.41. The minimum Gasteiger partial charge on any atom is -0.494 e. The van der Waals surface area contributed by atoms with Gasteiger partial charge in [0.05, 0.1) is 17.9 Å². The van der Waals surface area contributed by atoms with Crippen molar-refractivity contribution in [3.8, 4) is 5.75 Å². The predicted octanol–water partition coefficient (Wildman–Crippen LogP) is 5.01. The molecule has 0 atom stereocenters. The number of benzene rings is 3. The molecule has 0 aromatic heterocycles. The predicted molar refractivity (Wildman–Crippen MR) is 118 cm³/mol. The number of imide groups is 1. The number of hydrogen-bond donors (Lipinski definition) is 1. The largest absolute Gasteiger partial charge is 0.494 e. The number of para-hydroxylation sites is 2. The van der Waals surface area contributed by atoms with Crippen molar-refractivity contribution in [2.75, 3.05) is 16.8 Å². The zero-order valence-corrected chi connectivity index (χ0v) is 17.0. The van der Waals surface area contributed by atoms with Crippen molar-refractivity contribution >= 4 is 28.8 Å². The van der Waals surface area contributed by atoms with Crippen LogP contribution in [-0.4, -0.2) is 18.4 Å². The monoisotopic (exact) mass is 416 g/mol. The fraction of sp³-hybridized carbons (Fsp3) is 0.120. The molecule has 0 radical (unpaired) electrons. The minimum absolute atomic E-state index is 0.0808. The summed E-state index contributed by atoms with van der Waals surface area (Å²) >= 11 is 0. The van der Waals surface area contributed by atoms with Gasteiger partial charge in [-0.2, -0.15) is 0 Å². The number of halogens is 1. The molecular weight excluding hydrogens is 395 g/mol. The van der Waals surface area contributed by atoms with E-state index < -0.39 is 17.6 Å². The number of nitrogens with zero attached hydrogens (tertiary/aromatic N) is 1. The highest BCUT2D eigenvalue weighted by Crippen LogP contribution is 2.35. The Labute approximate surface area is 179 Å². The van der Waals surface area contributed by atoms with Crippen LogP contribution in [0.4, 0.5) is 15.8 Å². The quantitative estimate of drug-likeness (QED) is 0.550. The van der Waals surface area contributed by atoms with Gasteiger partial charge in [-0.25, -0.2) is 9.29 Å². The van der Waals surface area contributed by atoms with Gasteiger partial charge in [0.15, 0.2) is 0 Å². The second kappa shape index (κ2) is 8.83. The van der Waals surface area contributed by atoms with Gasteiger partial charge in [0.25, 0.3) is 11.8 Å². The summed E-state index contributed by atoms with van der Waals surface area (Å²) in [4.78, 5) is 27.5. The summed E-state index contributed by atoms with van der Waals surface area (Å²) in [7, 11) is 0. The molecule has 0 saturated carbocycles. The molecule has 0 fully saturated rings. The molecule has 3 aromatic carbocycles. The Bertz CT molecular complexity index is 1140. The van der Waals surface area contributed by atoms with Crippen LogP contribution < -0.4 is 15.0 Å². The maximum absolute atomic E-state index is 14.4. The van der Waals surface area contributed by atoms with Gasteiger partial charge in [-0.1, -0.05) is 49.4 Å². The molecule has 0 bridgehead atoms. The molecule has 0 spiro atoms. The highest BCUT2D eigenvalue weighted by atomic mass is 19.1. The molecule has 1 N–H and O–H groups in total. The van der Waals surface area contributed by atoms with E-state index in [1.54, 1.807) is 42.5 Å². The SMILES string of the molecule is CCCOc1ccc(C2=C(Nc3ccccc3)C(=O)N(c3ccccc3F)C2=O)cc1. The molecule has 1 aliphatic heterocycles. The van der Waals surface area contributed by atoms with Crippen LogP contribution in [0.1, 0.15) is 18.9 Å². The molecule has 31 heavy (non-hydrogen) atoms. The Balaban J connectivity index is 1.77. The molecule has 4 rings (SSSR count). The lowest BCUT2D eigenvalue weighted by Gasteiger charge is -2.16. The van der Waals surface area contributed by atoms with Crippen LogP contribution in [-0.2, 0) is 9.59 Å². The Morgan fingerprint density at radius 3 is 2.23 bits per heavy atom. The Morgan fingerprint density at radius 2 is 1.55 bits per heavy atom. The van der Waals surface area contributed by atoms with Gasteiger partial charge in [-0.3, -0.25) is 9.59 Å². The lowest BCUT2D eigenvalue weighted by atomic mass is 10.0. The number of rotatable bonds is 7. The van der Waals surface area contributed by atoms with Crippen LogP contribution in [0.15, 0.2) is 84.6 Å². The maximum Gasteiger partial charge on any atom is 0.282 e. The molecule has 1 heterocycles. The molecule has 0 aliphatic carbocycles. The first-order chi connectivity index (χ1) is 15.1. The van der Waals surface area contributed by atoms with Crippen LogP contribution in [0.25, 0.3) is 5.57 Å². The fourth-order valence-corrected chi connectivity index (χ4v) is 3.37. The molecule has 2 amide bonds. The first-order valence-corrected chi connectivity index (χ1v) is 10.0. The number of anilines is 2. The molecular formula is C25H21FN2O3. The molecule has 6 heteroatoms. The van der Waals surface area contributed by atoms with Crippen molar-refractivity contribution in [3.05, 3.63) is 95.9 Å². The second-order valence-corrected chi connectivity index (χ2v) is 7.01. The summed E-state index contributed by atoms with van der Waals surface area (Å²) in [5.74, 6) is -1.17. The zero-order chi connectivity index (χ0) is 21.8. The first-order valence-electron chi connectivity index (χ1n) is 10.0. The van der Waals surface area contributed by atoms with Crippen molar-refractivity contribution < 1.29 is 18.7 Å².